The predicted molar refractivity (Wildman–Crippen MR) is 179 cm³/mol. The van der Waals surface area contributed by atoms with Gasteiger partial charge < -0.3 is 29.3 Å². The number of ether oxygens (including phenoxy) is 3. The number of rotatable bonds is 19. The summed E-state index contributed by atoms with van der Waals surface area (Å²) in [5.41, 5.74) is 0.881. The van der Waals surface area contributed by atoms with Crippen LogP contribution in [0.3, 0.4) is 0 Å². The Balaban J connectivity index is 2.22. The molecule has 0 bridgehead atoms. The third-order valence-electron chi connectivity index (χ3n) is 9.11. The van der Waals surface area contributed by atoms with Crippen LogP contribution in [0.4, 0.5) is 0 Å². The number of esters is 1. The minimum Gasteiger partial charge on any atom is -0.460 e. The van der Waals surface area contributed by atoms with Crippen LogP contribution in [0.25, 0.3) is 0 Å². The number of carbonyl (C=O) groups is 4. The topological polar surface area (TPSA) is 114 Å². The Kier molecular flexibility index (Phi) is 16.4. The van der Waals surface area contributed by atoms with Gasteiger partial charge in [-0.2, -0.15) is 0 Å². The predicted octanol–water partition coefficient (Wildman–Crippen LogP) is 4.41. The zero-order valence-electron chi connectivity index (χ0n) is 29.2. The van der Waals surface area contributed by atoms with Gasteiger partial charge in [-0.05, 0) is 30.2 Å². The Labute approximate surface area is 276 Å². The van der Waals surface area contributed by atoms with Crippen molar-refractivity contribution in [3.63, 3.8) is 0 Å². The van der Waals surface area contributed by atoms with Crippen molar-refractivity contribution in [3.8, 4) is 0 Å². The molecule has 46 heavy (non-hydrogen) atoms. The summed E-state index contributed by atoms with van der Waals surface area (Å²) in [6.07, 6.45) is 3.46. The first-order valence-electron chi connectivity index (χ1n) is 16.6. The van der Waals surface area contributed by atoms with E-state index in [-0.39, 0.29) is 61.1 Å². The van der Waals surface area contributed by atoms with Crippen molar-refractivity contribution >= 4 is 23.7 Å². The number of methoxy groups -OCH3 is 2. The normalized spacial score (nSPS) is 18.6. The smallest absolute Gasteiger partial charge is 0.329 e. The maximum atomic E-state index is 13.9. The number of amides is 3. The van der Waals surface area contributed by atoms with Crippen molar-refractivity contribution in [2.75, 3.05) is 34.4 Å². The molecule has 1 fully saturated rings. The number of hydrogen-bond donors (Lipinski definition) is 1. The van der Waals surface area contributed by atoms with Gasteiger partial charge in [0.05, 0.1) is 36.6 Å². The van der Waals surface area contributed by atoms with Gasteiger partial charge in [0, 0.05) is 40.7 Å². The molecule has 1 aliphatic heterocycles. The summed E-state index contributed by atoms with van der Waals surface area (Å²) >= 11 is 0. The van der Waals surface area contributed by atoms with Crippen LogP contribution < -0.4 is 5.32 Å². The Morgan fingerprint density at radius 3 is 2.30 bits per heavy atom. The van der Waals surface area contributed by atoms with Crippen LogP contribution in [0.15, 0.2) is 43.0 Å². The number of carbonyl (C=O) groups excluding carboxylic acids is 4. The van der Waals surface area contributed by atoms with Gasteiger partial charge in [-0.25, -0.2) is 4.79 Å². The first-order valence-corrected chi connectivity index (χ1v) is 16.6. The monoisotopic (exact) mass is 643 g/mol. The summed E-state index contributed by atoms with van der Waals surface area (Å²) in [5.74, 6) is -1.31. The van der Waals surface area contributed by atoms with Gasteiger partial charge in [0.1, 0.15) is 12.6 Å². The summed E-state index contributed by atoms with van der Waals surface area (Å²) in [5, 5.41) is 2.88. The summed E-state index contributed by atoms with van der Waals surface area (Å²) in [4.78, 5) is 57.0. The summed E-state index contributed by atoms with van der Waals surface area (Å²) in [6, 6.07) is 7.91. The van der Waals surface area contributed by atoms with Gasteiger partial charge in [0.2, 0.25) is 17.7 Å². The standard InChI is InChI=1S/C36H57N3O7/c1-10-20-46-36(43)28(22-27-16-13-12-14-17-27)37-35(42)26(6)34(45-9)29-18-15-19-39(29)32(41)23-30(44-8)33(25(5)11-2)38(7)31(40)21-24(3)4/h10,12-14,16-17,24-26,28-30,33-34H,1,11,15,18-23H2,2-9H3,(H,37,42)/t25-,26+,28-,29-,30+,33-,34+/m0/s1. The highest BCUT2D eigenvalue weighted by atomic mass is 16.5. The second kappa shape index (κ2) is 19.4. The van der Waals surface area contributed by atoms with E-state index >= 15 is 0 Å². The van der Waals surface area contributed by atoms with Crippen LogP contribution in [0.1, 0.15) is 72.3 Å². The molecule has 0 aliphatic carbocycles. The fourth-order valence-corrected chi connectivity index (χ4v) is 6.41. The van der Waals surface area contributed by atoms with Gasteiger partial charge in [-0.15, -0.1) is 0 Å². The molecule has 1 aromatic rings. The van der Waals surface area contributed by atoms with E-state index in [0.29, 0.717) is 19.4 Å². The molecule has 0 spiro atoms. The summed E-state index contributed by atoms with van der Waals surface area (Å²) < 4.78 is 17.1. The molecule has 10 heteroatoms. The number of likely N-dealkylation sites (tertiary alicyclic amines) is 1. The molecule has 1 aromatic carbocycles. The highest BCUT2D eigenvalue weighted by molar-refractivity contribution is 5.86. The number of likely N-dealkylation sites (N-methyl/N-ethyl adjacent to an activating group) is 1. The minimum atomic E-state index is -0.897. The first-order chi connectivity index (χ1) is 21.9. The Bertz CT molecular complexity index is 1130. The van der Waals surface area contributed by atoms with Crippen LogP contribution in [0.5, 0.6) is 0 Å². The molecule has 3 amide bonds. The molecule has 0 radical (unpaired) electrons. The molecule has 7 atom stereocenters. The Hall–Kier alpha value is -3.24. The van der Waals surface area contributed by atoms with Gasteiger partial charge in [0.15, 0.2) is 0 Å². The average molecular weight is 644 g/mol. The first kappa shape index (κ1) is 38.9. The maximum absolute atomic E-state index is 13.9. The SMILES string of the molecule is C=CCOC(=O)[C@H](Cc1ccccc1)NC(=O)[C@H](C)[C@@H](OC)[C@@H]1CCCN1C(=O)C[C@@H](OC)[C@H]([C@@H](C)CC)N(C)C(=O)CC(C)C. The third kappa shape index (κ3) is 10.9. The summed E-state index contributed by atoms with van der Waals surface area (Å²) in [6.45, 7) is 14.1. The fraction of sp³-hybridized carbons (Fsp3) is 0.667. The van der Waals surface area contributed by atoms with Gasteiger partial charge in [-0.3, -0.25) is 14.4 Å². The number of nitrogens with one attached hydrogen (secondary N) is 1. The minimum absolute atomic E-state index is 0.0343. The third-order valence-corrected chi connectivity index (χ3v) is 9.11. The average Bonchev–Trinajstić information content (AvgIpc) is 3.52. The van der Waals surface area contributed by atoms with E-state index in [2.05, 4.69) is 25.7 Å². The largest absolute Gasteiger partial charge is 0.460 e. The molecular weight excluding hydrogens is 586 g/mol. The second-order valence-electron chi connectivity index (χ2n) is 12.9. The van der Waals surface area contributed by atoms with Crippen molar-refractivity contribution in [2.45, 2.75) is 103 Å². The molecule has 1 saturated heterocycles. The highest BCUT2D eigenvalue weighted by Gasteiger charge is 2.42. The van der Waals surface area contributed by atoms with E-state index in [0.717, 1.165) is 18.4 Å². The van der Waals surface area contributed by atoms with Crippen LogP contribution in [0.2, 0.25) is 0 Å². The maximum Gasteiger partial charge on any atom is 0.329 e. The molecule has 258 valence electrons. The van der Waals surface area contributed by atoms with Crippen LogP contribution >= 0.6 is 0 Å². The van der Waals surface area contributed by atoms with E-state index in [1.165, 1.54) is 6.08 Å². The van der Waals surface area contributed by atoms with Crippen molar-refractivity contribution in [1.82, 2.24) is 15.1 Å². The van der Waals surface area contributed by atoms with Gasteiger partial charge in [-0.1, -0.05) is 84.0 Å². The number of hydrogen-bond acceptors (Lipinski definition) is 7. The van der Waals surface area contributed by atoms with E-state index in [1.54, 1.807) is 38.0 Å². The van der Waals surface area contributed by atoms with E-state index < -0.39 is 30.1 Å². The molecule has 1 N–H and O–H groups in total. The highest BCUT2D eigenvalue weighted by Crippen LogP contribution is 2.29. The lowest BCUT2D eigenvalue weighted by Gasteiger charge is -2.39. The molecule has 0 saturated carbocycles. The zero-order chi connectivity index (χ0) is 34.4. The van der Waals surface area contributed by atoms with Crippen molar-refractivity contribution in [1.29, 1.82) is 0 Å². The number of benzene rings is 1. The van der Waals surface area contributed by atoms with E-state index in [1.807, 2.05) is 44.2 Å². The Morgan fingerprint density at radius 2 is 1.74 bits per heavy atom. The van der Waals surface area contributed by atoms with Crippen LogP contribution in [-0.4, -0.2) is 98.2 Å². The lowest BCUT2D eigenvalue weighted by atomic mass is 9.90. The molecule has 10 nitrogen and oxygen atoms in total. The second-order valence-corrected chi connectivity index (χ2v) is 12.9. The van der Waals surface area contributed by atoms with Crippen LogP contribution in [-0.2, 0) is 39.8 Å². The summed E-state index contributed by atoms with van der Waals surface area (Å²) in [7, 11) is 4.93. The molecule has 0 aromatic heterocycles. The van der Waals surface area contributed by atoms with E-state index in [9.17, 15) is 19.2 Å². The Morgan fingerprint density at radius 1 is 1.07 bits per heavy atom. The van der Waals surface area contributed by atoms with Crippen molar-refractivity contribution in [2.24, 2.45) is 17.8 Å². The van der Waals surface area contributed by atoms with Gasteiger partial charge >= 0.3 is 5.97 Å². The molecular formula is C36H57N3O7. The fourth-order valence-electron chi connectivity index (χ4n) is 6.41. The lowest BCUT2D eigenvalue weighted by Crippen LogP contribution is -2.54. The molecule has 1 aliphatic rings. The van der Waals surface area contributed by atoms with Crippen molar-refractivity contribution < 1.29 is 33.4 Å². The van der Waals surface area contributed by atoms with Gasteiger partial charge in [0.25, 0.3) is 0 Å². The van der Waals surface area contributed by atoms with Crippen LogP contribution in [0, 0.1) is 17.8 Å². The molecule has 1 heterocycles. The van der Waals surface area contributed by atoms with Crippen molar-refractivity contribution in [3.05, 3.63) is 48.6 Å². The quantitative estimate of drug-likeness (QED) is 0.176. The molecule has 2 rings (SSSR count). The zero-order valence-corrected chi connectivity index (χ0v) is 29.2. The molecule has 0 unspecified atom stereocenters. The number of nitrogens with zero attached hydrogens (tertiary/aromatic N) is 2. The van der Waals surface area contributed by atoms with E-state index in [4.69, 9.17) is 14.2 Å². The lowest BCUT2D eigenvalue weighted by molar-refractivity contribution is -0.149.